The molecule has 1 amide bonds. The summed E-state index contributed by atoms with van der Waals surface area (Å²) in [6, 6.07) is 25.6. The number of nitrogens with zero attached hydrogens (tertiary/aromatic N) is 1. The fraction of sp³-hybridized carbons (Fsp3) is 0.185. The minimum Gasteiger partial charge on any atom is -0.493 e. The van der Waals surface area contributed by atoms with Crippen LogP contribution in [0.2, 0.25) is 0 Å². The van der Waals surface area contributed by atoms with Crippen LogP contribution in [0.1, 0.15) is 23.1 Å². The third-order valence-corrected chi connectivity index (χ3v) is 6.44. The Morgan fingerprint density at radius 1 is 0.939 bits per heavy atom. The number of benzene rings is 3. The highest BCUT2D eigenvalue weighted by Crippen LogP contribution is 2.35. The largest absolute Gasteiger partial charge is 0.493 e. The van der Waals surface area contributed by atoms with Crippen LogP contribution in [-0.2, 0) is 11.3 Å². The highest BCUT2D eigenvalue weighted by molar-refractivity contribution is 8.26. The maximum absolute atomic E-state index is 13.0. The van der Waals surface area contributed by atoms with E-state index in [4.69, 9.17) is 21.7 Å². The van der Waals surface area contributed by atoms with Gasteiger partial charge in [0.2, 0.25) is 0 Å². The van der Waals surface area contributed by atoms with Crippen LogP contribution in [0.5, 0.6) is 11.5 Å². The lowest BCUT2D eigenvalue weighted by atomic mass is 10.1. The Balaban J connectivity index is 1.35. The zero-order valence-corrected chi connectivity index (χ0v) is 20.0. The van der Waals surface area contributed by atoms with Gasteiger partial charge >= 0.3 is 0 Å². The molecule has 0 N–H and O–H groups in total. The van der Waals surface area contributed by atoms with Gasteiger partial charge in [0.15, 0.2) is 0 Å². The first-order chi connectivity index (χ1) is 16.1. The fourth-order valence-corrected chi connectivity index (χ4v) is 4.66. The van der Waals surface area contributed by atoms with Gasteiger partial charge in [-0.2, -0.15) is 0 Å². The molecule has 168 valence electrons. The van der Waals surface area contributed by atoms with Gasteiger partial charge in [0.25, 0.3) is 5.91 Å². The van der Waals surface area contributed by atoms with Crippen LogP contribution < -0.4 is 9.47 Å². The monoisotopic (exact) mass is 475 g/mol. The summed E-state index contributed by atoms with van der Waals surface area (Å²) in [5.74, 6) is 1.53. The van der Waals surface area contributed by atoms with E-state index in [1.54, 1.807) is 4.90 Å². The van der Waals surface area contributed by atoms with Gasteiger partial charge in [-0.05, 0) is 42.3 Å². The number of hydrogen-bond acceptors (Lipinski definition) is 5. The number of carbonyl (C=O) groups excluding carboxylic acids is 1. The van der Waals surface area contributed by atoms with Crippen molar-refractivity contribution in [2.24, 2.45) is 0 Å². The summed E-state index contributed by atoms with van der Waals surface area (Å²) >= 11 is 6.80. The third kappa shape index (κ3) is 6.24. The Bertz CT molecular complexity index is 1160. The van der Waals surface area contributed by atoms with Crippen LogP contribution in [0.25, 0.3) is 6.08 Å². The quantitative estimate of drug-likeness (QED) is 0.208. The molecule has 0 aliphatic carbocycles. The molecule has 0 radical (unpaired) electrons. The predicted molar refractivity (Wildman–Crippen MR) is 138 cm³/mol. The normalized spacial score (nSPS) is 14.7. The minimum absolute atomic E-state index is 0.0739. The fourth-order valence-electron chi connectivity index (χ4n) is 3.41. The SMILES string of the molecule is Cc1cccc(OCCCOc2ccccc2/C=C2\SC(=S)N(Cc3ccccc3)C2=O)c1. The van der Waals surface area contributed by atoms with Crippen LogP contribution >= 0.6 is 24.0 Å². The number of hydrogen-bond donors (Lipinski definition) is 0. The van der Waals surface area contributed by atoms with E-state index in [2.05, 4.69) is 0 Å². The summed E-state index contributed by atoms with van der Waals surface area (Å²) in [6.45, 7) is 3.61. The molecule has 0 bridgehead atoms. The lowest BCUT2D eigenvalue weighted by Gasteiger charge is -2.14. The molecule has 1 fully saturated rings. The van der Waals surface area contributed by atoms with E-state index >= 15 is 0 Å². The molecule has 0 spiro atoms. The van der Waals surface area contributed by atoms with E-state index in [0.29, 0.717) is 29.0 Å². The van der Waals surface area contributed by atoms with Gasteiger partial charge in [0.05, 0.1) is 24.7 Å². The lowest BCUT2D eigenvalue weighted by molar-refractivity contribution is -0.122. The van der Waals surface area contributed by atoms with E-state index in [9.17, 15) is 4.79 Å². The average Bonchev–Trinajstić information content (AvgIpc) is 3.08. The maximum atomic E-state index is 13.0. The number of aryl methyl sites for hydroxylation is 1. The molecule has 0 saturated carbocycles. The molecule has 0 atom stereocenters. The van der Waals surface area contributed by atoms with Crippen LogP contribution in [0.15, 0.2) is 83.8 Å². The number of para-hydroxylation sites is 1. The van der Waals surface area contributed by atoms with Crippen molar-refractivity contribution in [2.75, 3.05) is 13.2 Å². The molecule has 1 saturated heterocycles. The van der Waals surface area contributed by atoms with Gasteiger partial charge in [-0.1, -0.05) is 84.6 Å². The van der Waals surface area contributed by atoms with Crippen molar-refractivity contribution in [3.8, 4) is 11.5 Å². The molecule has 3 aromatic rings. The number of thiocarbonyl (C=S) groups is 1. The van der Waals surface area contributed by atoms with Crippen molar-refractivity contribution in [3.05, 3.63) is 100 Å². The Labute approximate surface area is 204 Å². The summed E-state index contributed by atoms with van der Waals surface area (Å²) in [7, 11) is 0. The van der Waals surface area contributed by atoms with Gasteiger partial charge in [-0.25, -0.2) is 0 Å². The van der Waals surface area contributed by atoms with Crippen LogP contribution in [0.3, 0.4) is 0 Å². The lowest BCUT2D eigenvalue weighted by Crippen LogP contribution is -2.27. The average molecular weight is 476 g/mol. The molecular weight excluding hydrogens is 450 g/mol. The number of carbonyl (C=O) groups is 1. The van der Waals surface area contributed by atoms with Crippen LogP contribution in [0, 0.1) is 6.92 Å². The molecule has 1 aliphatic rings. The second-order valence-electron chi connectivity index (χ2n) is 7.66. The molecule has 1 heterocycles. The zero-order valence-electron chi connectivity index (χ0n) is 18.4. The third-order valence-electron chi connectivity index (χ3n) is 5.07. The van der Waals surface area contributed by atoms with Gasteiger partial charge < -0.3 is 9.47 Å². The number of rotatable bonds is 9. The van der Waals surface area contributed by atoms with Crippen molar-refractivity contribution in [1.29, 1.82) is 0 Å². The standard InChI is InChI=1S/C27H25NO3S2/c1-20-9-7-13-23(17-20)30-15-8-16-31-24-14-6-5-12-22(24)18-25-26(29)28(27(32)33-25)19-21-10-3-2-4-11-21/h2-7,9-14,17-18H,8,15-16,19H2,1H3/b25-18-. The molecular formula is C27H25NO3S2. The summed E-state index contributed by atoms with van der Waals surface area (Å²) in [5, 5.41) is 0. The first kappa shape index (κ1) is 23.1. The molecule has 6 heteroatoms. The summed E-state index contributed by atoms with van der Waals surface area (Å²) in [6.07, 6.45) is 2.62. The first-order valence-electron chi connectivity index (χ1n) is 10.8. The van der Waals surface area contributed by atoms with Crippen LogP contribution in [0.4, 0.5) is 0 Å². The predicted octanol–water partition coefficient (Wildman–Crippen LogP) is 6.24. The van der Waals surface area contributed by atoms with Gasteiger partial charge in [0.1, 0.15) is 15.8 Å². The Kier molecular flexibility index (Phi) is 7.81. The highest BCUT2D eigenvalue weighted by atomic mass is 32.2. The Hall–Kier alpha value is -3.09. The van der Waals surface area contributed by atoms with Gasteiger partial charge in [0, 0.05) is 12.0 Å². The molecule has 3 aromatic carbocycles. The smallest absolute Gasteiger partial charge is 0.266 e. The van der Waals surface area contributed by atoms with E-state index in [-0.39, 0.29) is 5.91 Å². The summed E-state index contributed by atoms with van der Waals surface area (Å²) in [4.78, 5) is 15.2. The van der Waals surface area contributed by atoms with E-state index in [1.807, 2.05) is 91.9 Å². The first-order valence-corrected chi connectivity index (χ1v) is 12.0. The van der Waals surface area contributed by atoms with Crippen molar-refractivity contribution in [3.63, 3.8) is 0 Å². The topological polar surface area (TPSA) is 38.8 Å². The van der Waals surface area contributed by atoms with Crippen molar-refractivity contribution >= 4 is 40.3 Å². The maximum Gasteiger partial charge on any atom is 0.266 e. The Morgan fingerprint density at radius 3 is 2.52 bits per heavy atom. The number of amides is 1. The molecule has 4 rings (SSSR count). The highest BCUT2D eigenvalue weighted by Gasteiger charge is 2.32. The second kappa shape index (κ2) is 11.2. The number of ether oxygens (including phenoxy) is 2. The minimum atomic E-state index is -0.0739. The van der Waals surface area contributed by atoms with Crippen molar-refractivity contribution in [2.45, 2.75) is 19.9 Å². The van der Waals surface area contributed by atoms with E-state index in [1.165, 1.54) is 17.3 Å². The van der Waals surface area contributed by atoms with Gasteiger partial charge in [-0.15, -0.1) is 0 Å². The second-order valence-corrected chi connectivity index (χ2v) is 9.33. The molecule has 33 heavy (non-hydrogen) atoms. The van der Waals surface area contributed by atoms with Crippen molar-refractivity contribution in [1.82, 2.24) is 4.90 Å². The summed E-state index contributed by atoms with van der Waals surface area (Å²) in [5.41, 5.74) is 3.08. The Morgan fingerprint density at radius 2 is 1.70 bits per heavy atom. The van der Waals surface area contributed by atoms with Gasteiger partial charge in [-0.3, -0.25) is 9.69 Å². The van der Waals surface area contributed by atoms with E-state index in [0.717, 1.165) is 29.0 Å². The summed E-state index contributed by atoms with van der Waals surface area (Å²) < 4.78 is 12.4. The van der Waals surface area contributed by atoms with Crippen molar-refractivity contribution < 1.29 is 14.3 Å². The number of thioether (sulfide) groups is 1. The van der Waals surface area contributed by atoms with Crippen LogP contribution in [-0.4, -0.2) is 28.3 Å². The molecule has 4 nitrogen and oxygen atoms in total. The van der Waals surface area contributed by atoms with E-state index < -0.39 is 0 Å². The molecule has 0 unspecified atom stereocenters. The molecule has 0 aromatic heterocycles. The molecule has 1 aliphatic heterocycles. The zero-order chi connectivity index (χ0) is 23.0.